The van der Waals surface area contributed by atoms with Crippen molar-refractivity contribution in [2.24, 2.45) is 0 Å². The van der Waals surface area contributed by atoms with Crippen molar-refractivity contribution in [3.8, 4) is 11.3 Å². The number of amides is 2. The Kier molecular flexibility index (Phi) is 8.07. The Morgan fingerprint density at radius 1 is 1.24 bits per heavy atom. The highest BCUT2D eigenvalue weighted by Crippen LogP contribution is 2.39. The zero-order valence-electron chi connectivity index (χ0n) is 20.5. The monoisotopic (exact) mass is 456 g/mol. The molecule has 33 heavy (non-hydrogen) atoms. The van der Waals surface area contributed by atoms with Gasteiger partial charge < -0.3 is 20.3 Å². The van der Waals surface area contributed by atoms with Crippen LogP contribution in [0.4, 0.5) is 10.5 Å². The van der Waals surface area contributed by atoms with Crippen LogP contribution in [0, 0.1) is 0 Å². The number of hydrogen-bond acceptors (Lipinski definition) is 6. The Morgan fingerprint density at radius 2 is 2.00 bits per heavy atom. The van der Waals surface area contributed by atoms with Crippen LogP contribution in [0.3, 0.4) is 0 Å². The van der Waals surface area contributed by atoms with Crippen molar-refractivity contribution >= 4 is 17.7 Å². The molecule has 0 aliphatic carbocycles. The highest BCUT2D eigenvalue weighted by Gasteiger charge is 2.34. The first kappa shape index (κ1) is 24.7. The summed E-state index contributed by atoms with van der Waals surface area (Å²) >= 11 is 0. The number of anilines is 1. The van der Waals surface area contributed by atoms with Crippen molar-refractivity contribution in [2.75, 3.05) is 11.4 Å². The van der Waals surface area contributed by atoms with Gasteiger partial charge in [0.15, 0.2) is 0 Å². The SMILES string of the molecule is CC(=O)N1c2ccc(-c3cn(CCCNC(C)C)nn3)cc2C(NC(=O)OC(C)C)CC1C. The van der Waals surface area contributed by atoms with E-state index in [-0.39, 0.29) is 24.1 Å². The summed E-state index contributed by atoms with van der Waals surface area (Å²) in [6.07, 6.45) is 2.81. The maximum Gasteiger partial charge on any atom is 0.407 e. The maximum atomic E-state index is 12.4. The molecule has 0 fully saturated rings. The van der Waals surface area contributed by atoms with E-state index in [9.17, 15) is 9.59 Å². The van der Waals surface area contributed by atoms with Crippen LogP contribution >= 0.6 is 0 Å². The van der Waals surface area contributed by atoms with Gasteiger partial charge in [0.05, 0.1) is 18.3 Å². The van der Waals surface area contributed by atoms with Gasteiger partial charge >= 0.3 is 6.09 Å². The summed E-state index contributed by atoms with van der Waals surface area (Å²) in [5.74, 6) is -0.0272. The minimum absolute atomic E-state index is 0.0272. The lowest BCUT2D eigenvalue weighted by Crippen LogP contribution is -2.45. The van der Waals surface area contributed by atoms with Crippen LogP contribution in [0.15, 0.2) is 24.4 Å². The number of alkyl carbamates (subject to hydrolysis) is 1. The molecule has 1 aliphatic rings. The van der Waals surface area contributed by atoms with E-state index in [2.05, 4.69) is 34.8 Å². The molecule has 9 heteroatoms. The molecular formula is C24H36N6O3. The Balaban J connectivity index is 1.84. The molecule has 2 heterocycles. The van der Waals surface area contributed by atoms with Gasteiger partial charge in [-0.05, 0) is 57.9 Å². The molecule has 9 nitrogen and oxygen atoms in total. The summed E-state index contributed by atoms with van der Waals surface area (Å²) in [5.41, 5.74) is 3.32. The topological polar surface area (TPSA) is 101 Å². The molecule has 2 aromatic rings. The number of nitrogens with zero attached hydrogens (tertiary/aromatic N) is 4. The molecule has 0 spiro atoms. The van der Waals surface area contributed by atoms with Gasteiger partial charge in [-0.25, -0.2) is 4.79 Å². The molecule has 0 bridgehead atoms. The van der Waals surface area contributed by atoms with Gasteiger partial charge in [0.2, 0.25) is 5.91 Å². The van der Waals surface area contributed by atoms with Gasteiger partial charge in [-0.3, -0.25) is 9.48 Å². The first-order valence-corrected chi connectivity index (χ1v) is 11.7. The van der Waals surface area contributed by atoms with Gasteiger partial charge in [-0.2, -0.15) is 0 Å². The van der Waals surface area contributed by atoms with E-state index in [0.717, 1.165) is 42.0 Å². The van der Waals surface area contributed by atoms with Crippen LogP contribution in [0.2, 0.25) is 0 Å². The van der Waals surface area contributed by atoms with Gasteiger partial charge in [0.25, 0.3) is 0 Å². The summed E-state index contributed by atoms with van der Waals surface area (Å²) in [7, 11) is 0. The highest BCUT2D eigenvalue weighted by atomic mass is 16.6. The summed E-state index contributed by atoms with van der Waals surface area (Å²) < 4.78 is 7.14. The second-order valence-electron chi connectivity index (χ2n) is 9.23. The molecule has 0 saturated heterocycles. The van der Waals surface area contributed by atoms with Crippen LogP contribution in [0.1, 0.15) is 66.0 Å². The summed E-state index contributed by atoms with van der Waals surface area (Å²) in [6, 6.07) is 6.01. The number of fused-ring (bicyclic) bond motifs is 1. The summed E-state index contributed by atoms with van der Waals surface area (Å²) in [4.78, 5) is 26.5. The molecule has 1 aliphatic heterocycles. The molecule has 0 radical (unpaired) electrons. The average molecular weight is 457 g/mol. The number of benzene rings is 1. The molecule has 2 atom stereocenters. The third-order valence-corrected chi connectivity index (χ3v) is 5.61. The maximum absolute atomic E-state index is 12.4. The first-order chi connectivity index (χ1) is 15.7. The number of carbonyl (C=O) groups excluding carboxylic acids is 2. The molecule has 1 aromatic carbocycles. The lowest BCUT2D eigenvalue weighted by molar-refractivity contribution is -0.117. The quantitative estimate of drug-likeness (QED) is 0.588. The minimum atomic E-state index is -0.462. The number of aromatic nitrogens is 3. The first-order valence-electron chi connectivity index (χ1n) is 11.7. The van der Waals surface area contributed by atoms with Gasteiger partial charge in [-0.1, -0.05) is 25.1 Å². The molecule has 2 N–H and O–H groups in total. The van der Waals surface area contributed by atoms with Crippen LogP contribution in [0.25, 0.3) is 11.3 Å². The number of carbonyl (C=O) groups is 2. The highest BCUT2D eigenvalue weighted by molar-refractivity contribution is 5.94. The molecule has 180 valence electrons. The van der Waals surface area contributed by atoms with Crippen LogP contribution in [-0.2, 0) is 16.1 Å². The zero-order chi connectivity index (χ0) is 24.1. The van der Waals surface area contributed by atoms with Gasteiger partial charge in [0, 0.05) is 36.8 Å². The van der Waals surface area contributed by atoms with Crippen molar-refractivity contribution in [1.29, 1.82) is 0 Å². The van der Waals surface area contributed by atoms with Crippen molar-refractivity contribution in [1.82, 2.24) is 25.6 Å². The second-order valence-corrected chi connectivity index (χ2v) is 9.23. The third-order valence-electron chi connectivity index (χ3n) is 5.61. The normalized spacial score (nSPS) is 17.9. The average Bonchev–Trinajstić information content (AvgIpc) is 3.19. The van der Waals surface area contributed by atoms with E-state index >= 15 is 0 Å². The third kappa shape index (κ3) is 6.31. The predicted molar refractivity (Wildman–Crippen MR) is 128 cm³/mol. The van der Waals surface area contributed by atoms with Crippen LogP contribution < -0.4 is 15.5 Å². The Morgan fingerprint density at radius 3 is 2.67 bits per heavy atom. The van der Waals surface area contributed by atoms with Crippen molar-refractivity contribution in [3.05, 3.63) is 30.0 Å². The van der Waals surface area contributed by atoms with E-state index in [0.29, 0.717) is 12.5 Å². The lowest BCUT2D eigenvalue weighted by Gasteiger charge is -2.39. The number of rotatable bonds is 8. The fourth-order valence-electron chi connectivity index (χ4n) is 4.20. The van der Waals surface area contributed by atoms with E-state index in [4.69, 9.17) is 4.74 Å². The molecule has 0 saturated carbocycles. The van der Waals surface area contributed by atoms with Gasteiger partial charge in [-0.15, -0.1) is 5.10 Å². The number of nitrogens with one attached hydrogen (secondary N) is 2. The summed E-state index contributed by atoms with van der Waals surface area (Å²) in [5, 5.41) is 15.0. The smallest absolute Gasteiger partial charge is 0.407 e. The van der Waals surface area contributed by atoms with Crippen molar-refractivity contribution in [2.45, 2.75) is 85.2 Å². The van der Waals surface area contributed by atoms with E-state index in [1.807, 2.05) is 49.8 Å². The largest absolute Gasteiger partial charge is 0.447 e. The zero-order valence-corrected chi connectivity index (χ0v) is 20.5. The Bertz CT molecular complexity index is 971. The van der Waals surface area contributed by atoms with E-state index in [1.54, 1.807) is 11.8 Å². The standard InChI is InChI=1S/C24H36N6O3/c1-15(2)25-10-7-11-29-14-22(27-28-29)19-8-9-23-20(13-19)21(26-24(32)33-16(3)4)12-17(5)30(23)18(6)31/h8-9,13-17,21,25H,7,10-12H2,1-6H3,(H,26,32). The predicted octanol–water partition coefficient (Wildman–Crippen LogP) is 3.65. The molecule has 1 aromatic heterocycles. The number of hydrogen-bond donors (Lipinski definition) is 2. The van der Waals surface area contributed by atoms with Crippen molar-refractivity contribution < 1.29 is 14.3 Å². The summed E-state index contributed by atoms with van der Waals surface area (Å²) in [6.45, 7) is 13.1. The van der Waals surface area contributed by atoms with E-state index < -0.39 is 6.09 Å². The van der Waals surface area contributed by atoms with Crippen molar-refractivity contribution in [3.63, 3.8) is 0 Å². The molecule has 2 amide bonds. The number of ether oxygens (including phenoxy) is 1. The molecular weight excluding hydrogens is 420 g/mol. The molecule has 3 rings (SSSR count). The number of aryl methyl sites for hydroxylation is 1. The Labute approximate surface area is 195 Å². The molecule has 2 unspecified atom stereocenters. The van der Waals surface area contributed by atoms with Crippen LogP contribution in [-0.4, -0.2) is 51.7 Å². The minimum Gasteiger partial charge on any atom is -0.447 e. The van der Waals surface area contributed by atoms with Gasteiger partial charge in [0.1, 0.15) is 5.69 Å². The Hall–Kier alpha value is -2.94. The van der Waals surface area contributed by atoms with Crippen LogP contribution in [0.5, 0.6) is 0 Å². The fraction of sp³-hybridized carbons (Fsp3) is 0.583. The second kappa shape index (κ2) is 10.8. The lowest BCUT2D eigenvalue weighted by atomic mass is 9.90. The van der Waals surface area contributed by atoms with E-state index in [1.165, 1.54) is 0 Å². The fourth-order valence-corrected chi connectivity index (χ4v) is 4.20.